The highest BCUT2D eigenvalue weighted by molar-refractivity contribution is 6.16. The maximum absolute atomic E-state index is 6.85. The van der Waals surface area contributed by atoms with Gasteiger partial charge in [-0.05, 0) is 56.4 Å². The number of hydrogen-bond donors (Lipinski definition) is 1. The lowest BCUT2D eigenvalue weighted by molar-refractivity contribution is 0.668. The van der Waals surface area contributed by atoms with Gasteiger partial charge in [-0.25, -0.2) is 4.99 Å². The molecule has 0 saturated heterocycles. The van der Waals surface area contributed by atoms with Gasteiger partial charge in [-0.1, -0.05) is 133 Å². The normalized spacial score (nSPS) is 12.4. The number of fused-ring (bicyclic) bond motifs is 6. The van der Waals surface area contributed by atoms with Crippen LogP contribution in [0.3, 0.4) is 0 Å². The van der Waals surface area contributed by atoms with E-state index in [0.29, 0.717) is 18.2 Å². The molecule has 4 heteroatoms. The topological polar surface area (TPSA) is 63.9 Å². The van der Waals surface area contributed by atoms with E-state index in [9.17, 15) is 0 Å². The van der Waals surface area contributed by atoms with E-state index in [-0.39, 0.29) is 0 Å². The Balaban J connectivity index is 1.30. The number of hydrogen-bond acceptors (Lipinski definition) is 2. The minimum absolute atomic E-state index is 0.415. The van der Waals surface area contributed by atoms with Gasteiger partial charge in [-0.2, -0.15) is 0 Å². The second-order valence-corrected chi connectivity index (χ2v) is 11.2. The fourth-order valence-electron chi connectivity index (χ4n) is 6.22. The Kier molecular flexibility index (Phi) is 6.65. The molecule has 0 aliphatic rings. The van der Waals surface area contributed by atoms with Crippen molar-refractivity contribution in [1.82, 2.24) is 0 Å². The van der Waals surface area contributed by atoms with E-state index in [1.54, 1.807) is 0 Å². The molecule has 0 unspecified atom stereocenters. The van der Waals surface area contributed by atoms with E-state index in [4.69, 9.17) is 20.1 Å². The highest BCUT2D eigenvalue weighted by Gasteiger charge is 2.14. The molecule has 2 N–H and O–H groups in total. The van der Waals surface area contributed by atoms with Crippen LogP contribution in [0, 0.1) is 0 Å². The van der Waals surface area contributed by atoms with Crippen molar-refractivity contribution in [2.75, 3.05) is 0 Å². The molecule has 0 aliphatic carbocycles. The van der Waals surface area contributed by atoms with E-state index >= 15 is 0 Å². The number of para-hydroxylation sites is 1. The predicted octanol–water partition coefficient (Wildman–Crippen LogP) is 9.91. The molecule has 0 fully saturated rings. The van der Waals surface area contributed by atoms with E-state index in [0.717, 1.165) is 60.5 Å². The van der Waals surface area contributed by atoms with E-state index < -0.39 is 0 Å². The molecule has 0 bridgehead atoms. The summed E-state index contributed by atoms with van der Waals surface area (Å²) >= 11 is 0. The molecule has 8 rings (SSSR count). The molecule has 45 heavy (non-hydrogen) atoms. The third-order valence-corrected chi connectivity index (χ3v) is 8.41. The summed E-state index contributed by atoms with van der Waals surface area (Å²) < 4.78 is 6.16. The van der Waals surface area contributed by atoms with Gasteiger partial charge in [0.25, 0.3) is 0 Å². The molecule has 214 valence electrons. The summed E-state index contributed by atoms with van der Waals surface area (Å²) in [6, 6.07) is 51.8. The van der Waals surface area contributed by atoms with Crippen molar-refractivity contribution in [2.45, 2.75) is 6.54 Å². The van der Waals surface area contributed by atoms with E-state index in [2.05, 4.69) is 84.9 Å². The van der Waals surface area contributed by atoms with Crippen molar-refractivity contribution < 1.29 is 4.42 Å². The van der Waals surface area contributed by atoms with Crippen LogP contribution in [-0.4, -0.2) is 11.7 Å². The van der Waals surface area contributed by atoms with Gasteiger partial charge in [0, 0.05) is 21.9 Å². The van der Waals surface area contributed by atoms with Gasteiger partial charge >= 0.3 is 0 Å². The van der Waals surface area contributed by atoms with Crippen LogP contribution >= 0.6 is 0 Å². The Bertz CT molecular complexity index is 2420. The smallest absolute Gasteiger partial charge is 0.157 e. The summed E-state index contributed by atoms with van der Waals surface area (Å²) in [6.45, 7) is 0.418. The predicted molar refractivity (Wildman–Crippen MR) is 188 cm³/mol. The lowest BCUT2D eigenvalue weighted by atomic mass is 9.98. The summed E-state index contributed by atoms with van der Waals surface area (Å²) in [7, 11) is 0. The molecular weight excluding hydrogens is 550 g/mol. The zero-order chi connectivity index (χ0) is 30.2. The fourth-order valence-corrected chi connectivity index (χ4v) is 6.22. The first-order valence-corrected chi connectivity index (χ1v) is 15.1. The Morgan fingerprint density at radius 3 is 2.16 bits per heavy atom. The molecule has 4 nitrogen and oxygen atoms in total. The van der Waals surface area contributed by atoms with Crippen LogP contribution in [0.2, 0.25) is 0 Å². The number of furan rings is 1. The lowest BCUT2D eigenvalue weighted by Crippen LogP contribution is -2.17. The van der Waals surface area contributed by atoms with Crippen molar-refractivity contribution in [3.8, 4) is 11.1 Å². The Labute approximate surface area is 260 Å². The van der Waals surface area contributed by atoms with Crippen molar-refractivity contribution in [2.24, 2.45) is 15.7 Å². The number of aliphatic imine (C=N–C) groups is 2. The van der Waals surface area contributed by atoms with Crippen molar-refractivity contribution in [3.05, 3.63) is 168 Å². The quantitative estimate of drug-likeness (QED) is 0.125. The molecule has 8 aromatic rings. The molecule has 0 radical (unpaired) electrons. The number of nitrogens with two attached hydrogens (primary N) is 1. The molecule has 1 aromatic heterocycles. The first kappa shape index (κ1) is 26.6. The monoisotopic (exact) mass is 579 g/mol. The van der Waals surface area contributed by atoms with Crippen LogP contribution in [0.1, 0.15) is 16.7 Å². The number of benzene rings is 7. The largest absolute Gasteiger partial charge is 0.456 e. The minimum atomic E-state index is 0.415. The average molecular weight is 580 g/mol. The molecule has 0 saturated carbocycles. The second-order valence-electron chi connectivity index (χ2n) is 11.2. The van der Waals surface area contributed by atoms with Gasteiger partial charge in [0.05, 0.1) is 6.54 Å². The van der Waals surface area contributed by atoms with Crippen LogP contribution in [0.4, 0.5) is 0 Å². The third kappa shape index (κ3) is 4.92. The van der Waals surface area contributed by atoms with Crippen molar-refractivity contribution in [3.63, 3.8) is 0 Å². The van der Waals surface area contributed by atoms with Gasteiger partial charge in [-0.3, -0.25) is 4.99 Å². The molecule has 0 spiro atoms. The summed E-state index contributed by atoms with van der Waals surface area (Å²) in [6.07, 6.45) is 0. The van der Waals surface area contributed by atoms with Gasteiger partial charge in [0.15, 0.2) is 5.84 Å². The highest BCUT2D eigenvalue weighted by atomic mass is 16.3. The number of amidine groups is 2. The SMILES string of the molecule is NC(=NC(=NCc1cccc2oc3ccccc3c12)c1ccc2ccc3ccccc3c2c1)c1ccccc1-c1ccccc1. The molecular formula is C41H29N3O. The van der Waals surface area contributed by atoms with Crippen LogP contribution < -0.4 is 5.73 Å². The maximum atomic E-state index is 6.85. The van der Waals surface area contributed by atoms with Gasteiger partial charge in [0.1, 0.15) is 17.0 Å². The van der Waals surface area contributed by atoms with Crippen LogP contribution in [0.15, 0.2) is 166 Å². The summed E-state index contributed by atoms with van der Waals surface area (Å²) in [5, 5.41) is 6.86. The van der Waals surface area contributed by atoms with E-state index in [1.807, 2.05) is 66.7 Å². The van der Waals surface area contributed by atoms with E-state index in [1.165, 1.54) is 10.8 Å². The molecule has 0 atom stereocenters. The summed E-state index contributed by atoms with van der Waals surface area (Å²) in [4.78, 5) is 10.2. The second kappa shape index (κ2) is 11.3. The highest BCUT2D eigenvalue weighted by Crippen LogP contribution is 2.32. The zero-order valence-electron chi connectivity index (χ0n) is 24.5. The number of rotatable bonds is 5. The van der Waals surface area contributed by atoms with Crippen LogP contribution in [-0.2, 0) is 6.54 Å². The fraction of sp³-hybridized carbons (Fsp3) is 0.0244. The zero-order valence-corrected chi connectivity index (χ0v) is 24.5. The minimum Gasteiger partial charge on any atom is -0.456 e. The average Bonchev–Trinajstić information content (AvgIpc) is 3.49. The van der Waals surface area contributed by atoms with Gasteiger partial charge in [-0.15, -0.1) is 0 Å². The Morgan fingerprint density at radius 2 is 1.27 bits per heavy atom. The lowest BCUT2D eigenvalue weighted by Gasteiger charge is -2.11. The summed E-state index contributed by atoms with van der Waals surface area (Å²) in [5.41, 5.74) is 13.5. The first-order valence-electron chi connectivity index (χ1n) is 15.1. The molecule has 1 heterocycles. The van der Waals surface area contributed by atoms with Crippen molar-refractivity contribution in [1.29, 1.82) is 0 Å². The van der Waals surface area contributed by atoms with Gasteiger partial charge < -0.3 is 10.2 Å². The maximum Gasteiger partial charge on any atom is 0.157 e. The first-order chi connectivity index (χ1) is 22.2. The van der Waals surface area contributed by atoms with Crippen LogP contribution in [0.25, 0.3) is 54.6 Å². The Morgan fingerprint density at radius 1 is 0.578 bits per heavy atom. The molecule has 7 aromatic carbocycles. The standard InChI is InChI=1S/C41H29N3O/c42-40(34-17-7-6-15-32(34)27-11-2-1-3-12-27)44-41(30-24-23-29-22-21-28-13-4-5-16-33(28)36(29)25-30)43-26-31-14-10-20-38-39(31)35-18-8-9-19-37(35)45-38/h1-25H,26H2,(H2,42,43,44). The molecule has 0 amide bonds. The number of nitrogens with zero attached hydrogens (tertiary/aromatic N) is 2. The third-order valence-electron chi connectivity index (χ3n) is 8.41. The van der Waals surface area contributed by atoms with Gasteiger partial charge in [0.2, 0.25) is 0 Å². The Hall–Kier alpha value is -6.00. The van der Waals surface area contributed by atoms with Crippen molar-refractivity contribution >= 4 is 55.2 Å². The van der Waals surface area contributed by atoms with Crippen LogP contribution in [0.5, 0.6) is 0 Å². The molecule has 0 aliphatic heterocycles. The summed E-state index contributed by atoms with van der Waals surface area (Å²) in [5.74, 6) is 0.994.